The minimum absolute atomic E-state index is 0.102. The van der Waals surface area contributed by atoms with Crippen LogP contribution in [0, 0.1) is 5.92 Å². The van der Waals surface area contributed by atoms with Gasteiger partial charge in [0.05, 0.1) is 0 Å². The Kier molecular flexibility index (Phi) is 2.87. The summed E-state index contributed by atoms with van der Waals surface area (Å²) in [5.41, 5.74) is 0.127. The lowest BCUT2D eigenvalue weighted by atomic mass is 9.51. The first-order valence-electron chi connectivity index (χ1n) is 9.10. The van der Waals surface area contributed by atoms with Gasteiger partial charge < -0.3 is 19.8 Å². The predicted molar refractivity (Wildman–Crippen MR) is 91.8 cm³/mol. The molecule has 2 aliphatic carbocycles. The second-order valence-corrected chi connectivity index (χ2v) is 7.98. The van der Waals surface area contributed by atoms with Crippen LogP contribution < -0.4 is 4.74 Å². The summed E-state index contributed by atoms with van der Waals surface area (Å²) in [4.78, 5) is 15.0. The Hall–Kier alpha value is -1.85. The van der Waals surface area contributed by atoms with Crippen LogP contribution >= 0.6 is 0 Å². The van der Waals surface area contributed by atoms with Crippen molar-refractivity contribution >= 4 is 5.78 Å². The zero-order valence-electron chi connectivity index (χ0n) is 14.5. The van der Waals surface area contributed by atoms with Gasteiger partial charge in [-0.15, -0.1) is 0 Å². The lowest BCUT2D eigenvalue weighted by molar-refractivity contribution is -0.150. The van der Waals surface area contributed by atoms with Gasteiger partial charge in [-0.3, -0.25) is 4.79 Å². The van der Waals surface area contributed by atoms with Crippen LogP contribution in [0.5, 0.6) is 11.5 Å². The van der Waals surface area contributed by atoms with Gasteiger partial charge in [-0.2, -0.15) is 0 Å². The van der Waals surface area contributed by atoms with Gasteiger partial charge >= 0.3 is 0 Å². The van der Waals surface area contributed by atoms with Gasteiger partial charge in [0.1, 0.15) is 6.10 Å². The zero-order chi connectivity index (χ0) is 17.6. The number of piperidine rings is 1. The topological polar surface area (TPSA) is 70.0 Å². The smallest absolute Gasteiger partial charge is 0.178 e. The third-order valence-corrected chi connectivity index (χ3v) is 7.00. The van der Waals surface area contributed by atoms with Crippen molar-refractivity contribution < 1.29 is 19.7 Å². The third kappa shape index (κ3) is 1.59. The van der Waals surface area contributed by atoms with Crippen LogP contribution in [-0.4, -0.2) is 52.2 Å². The Morgan fingerprint density at radius 3 is 3.00 bits per heavy atom. The van der Waals surface area contributed by atoms with E-state index in [-0.39, 0.29) is 23.9 Å². The summed E-state index contributed by atoms with van der Waals surface area (Å²) < 4.78 is 6.19. The van der Waals surface area contributed by atoms with E-state index in [9.17, 15) is 15.0 Å². The molecule has 1 saturated heterocycles. The van der Waals surface area contributed by atoms with Crippen LogP contribution in [0.1, 0.15) is 30.9 Å². The van der Waals surface area contributed by atoms with Gasteiger partial charge in [-0.25, -0.2) is 0 Å². The molecule has 0 radical (unpaired) electrons. The molecule has 2 bridgehead atoms. The van der Waals surface area contributed by atoms with Crippen molar-refractivity contribution in [2.45, 2.75) is 49.3 Å². The highest BCUT2D eigenvalue weighted by atomic mass is 16.5. The molecule has 5 rings (SSSR count). The molecular weight excluding hydrogens is 318 g/mol. The fourth-order valence-electron chi connectivity index (χ4n) is 5.83. The van der Waals surface area contributed by atoms with Crippen LogP contribution in [-0.2, 0) is 16.6 Å². The maximum Gasteiger partial charge on any atom is 0.178 e. The summed E-state index contributed by atoms with van der Waals surface area (Å²) in [6, 6.07) is 3.97. The molecule has 0 saturated carbocycles. The third-order valence-electron chi connectivity index (χ3n) is 7.00. The first kappa shape index (κ1) is 15.4. The van der Waals surface area contributed by atoms with E-state index in [1.165, 1.54) is 5.56 Å². The lowest BCUT2D eigenvalue weighted by Crippen LogP contribution is -2.69. The summed E-state index contributed by atoms with van der Waals surface area (Å²) in [7, 11) is 2.14. The van der Waals surface area contributed by atoms with E-state index in [1.807, 2.05) is 12.1 Å². The number of carbonyl (C=O) groups excluding carboxylic acids is 1. The Bertz CT molecular complexity index is 818. The summed E-state index contributed by atoms with van der Waals surface area (Å²) in [6.45, 7) is 2.65. The Morgan fingerprint density at radius 1 is 1.44 bits per heavy atom. The largest absolute Gasteiger partial charge is 0.504 e. The second kappa shape index (κ2) is 4.65. The molecule has 2 aliphatic heterocycles. The Balaban J connectivity index is 1.81. The summed E-state index contributed by atoms with van der Waals surface area (Å²) in [6.07, 6.45) is 4.98. The van der Waals surface area contributed by atoms with Crippen LogP contribution in [0.2, 0.25) is 0 Å². The predicted octanol–water partition coefficient (Wildman–Crippen LogP) is 1.55. The molecule has 0 amide bonds. The number of ketones is 1. The van der Waals surface area contributed by atoms with Gasteiger partial charge in [-0.05, 0) is 44.1 Å². The maximum atomic E-state index is 12.6. The van der Waals surface area contributed by atoms with Crippen LogP contribution in [0.3, 0.4) is 0 Å². The number of nitrogens with zero attached hydrogens (tertiary/aromatic N) is 1. The van der Waals surface area contributed by atoms with Crippen molar-refractivity contribution in [2.24, 2.45) is 5.92 Å². The normalized spacial score (nSPS) is 40.5. The molecule has 0 aromatic heterocycles. The molecule has 1 aromatic rings. The number of phenols is 1. The van der Waals surface area contributed by atoms with Gasteiger partial charge in [0.25, 0.3) is 0 Å². The fourth-order valence-corrected chi connectivity index (χ4v) is 5.83. The summed E-state index contributed by atoms with van der Waals surface area (Å²) >= 11 is 0. The average Bonchev–Trinajstić information content (AvgIpc) is 2.97. The number of ether oxygens (including phenoxy) is 1. The highest BCUT2D eigenvalue weighted by Gasteiger charge is 2.69. The molecule has 132 valence electrons. The maximum absolute atomic E-state index is 12.6. The molecule has 5 atom stereocenters. The molecule has 4 aliphatic rings. The number of aliphatic hydroxyl groups is 1. The first-order valence-corrected chi connectivity index (χ1v) is 9.10. The van der Waals surface area contributed by atoms with Crippen molar-refractivity contribution in [3.63, 3.8) is 0 Å². The molecule has 5 nitrogen and oxygen atoms in total. The minimum Gasteiger partial charge on any atom is -0.504 e. The quantitative estimate of drug-likeness (QED) is 0.799. The van der Waals surface area contributed by atoms with Crippen LogP contribution in [0.25, 0.3) is 0 Å². The molecule has 2 N–H and O–H groups in total. The van der Waals surface area contributed by atoms with Gasteiger partial charge in [0.2, 0.25) is 0 Å². The fraction of sp³-hybridized carbons (Fsp3) is 0.550. The first-order chi connectivity index (χ1) is 11.9. The van der Waals surface area contributed by atoms with Crippen molar-refractivity contribution in [1.29, 1.82) is 0 Å². The second-order valence-electron chi connectivity index (χ2n) is 7.98. The number of Topliss-reactive ketones (excluding diaryl/α,β-unsaturated/α-hetero) is 1. The molecule has 5 heteroatoms. The molecular formula is C20H23NO4. The van der Waals surface area contributed by atoms with Gasteiger partial charge in [0.15, 0.2) is 22.9 Å². The average molecular weight is 341 g/mol. The number of hydrogen-bond donors (Lipinski definition) is 2. The van der Waals surface area contributed by atoms with Crippen molar-refractivity contribution in [3.05, 3.63) is 35.4 Å². The number of likely N-dealkylation sites (tertiary alicyclic amines) is 1. The number of phenolic OH excluding ortho intramolecular Hbond substituents is 1. The molecule has 1 aromatic carbocycles. The van der Waals surface area contributed by atoms with E-state index >= 15 is 0 Å². The van der Waals surface area contributed by atoms with E-state index in [1.54, 1.807) is 19.1 Å². The molecule has 2 heterocycles. The Morgan fingerprint density at radius 2 is 2.24 bits per heavy atom. The highest BCUT2D eigenvalue weighted by Crippen LogP contribution is 2.63. The van der Waals surface area contributed by atoms with Gasteiger partial charge in [-0.1, -0.05) is 19.1 Å². The number of likely N-dealkylation sites (N-methyl/N-ethyl adjacent to an activating group) is 1. The highest BCUT2D eigenvalue weighted by molar-refractivity contribution is 5.91. The van der Waals surface area contributed by atoms with E-state index in [4.69, 9.17) is 4.74 Å². The zero-order valence-corrected chi connectivity index (χ0v) is 14.5. The monoisotopic (exact) mass is 341 g/mol. The van der Waals surface area contributed by atoms with Gasteiger partial charge in [0, 0.05) is 29.4 Å². The summed E-state index contributed by atoms with van der Waals surface area (Å²) in [5.74, 6) is 0.527. The van der Waals surface area contributed by atoms with E-state index < -0.39 is 17.1 Å². The van der Waals surface area contributed by atoms with Crippen molar-refractivity contribution in [2.75, 3.05) is 13.6 Å². The van der Waals surface area contributed by atoms with Crippen LogP contribution in [0.15, 0.2) is 24.3 Å². The molecule has 0 unspecified atom stereocenters. The van der Waals surface area contributed by atoms with Crippen molar-refractivity contribution in [3.8, 4) is 11.5 Å². The number of aromatic hydroxyl groups is 1. The van der Waals surface area contributed by atoms with E-state index in [0.717, 1.165) is 24.9 Å². The SMILES string of the molecule is CCC(=O)[C@]1(O)C=C[C@H]2[C@H]3Cc4ccc(O)c5c4[C@@]2(CCN3C)[C@H]1O5. The number of hydrogen-bond acceptors (Lipinski definition) is 5. The number of rotatable bonds is 2. The molecule has 25 heavy (non-hydrogen) atoms. The molecule has 1 spiro atoms. The van der Waals surface area contributed by atoms with E-state index in [0.29, 0.717) is 11.8 Å². The number of carbonyl (C=O) groups is 1. The Labute approximate surface area is 146 Å². The summed E-state index contributed by atoms with van der Waals surface area (Å²) in [5, 5.41) is 21.7. The van der Waals surface area contributed by atoms with Crippen molar-refractivity contribution in [1.82, 2.24) is 4.90 Å². The lowest BCUT2D eigenvalue weighted by Gasteiger charge is -2.58. The molecule has 1 fully saturated rings. The number of benzene rings is 1. The minimum atomic E-state index is -1.63. The standard InChI is InChI=1S/C20H23NO4/c1-3-15(23)20(24)7-6-12-13-10-11-4-5-14(22)17-16(11)19(12,18(20)25-17)8-9-21(13)2/h4-7,12-13,18,22,24H,3,8-10H2,1-2H3/t12-,13+,18+,19-,20+/m0/s1. The van der Waals surface area contributed by atoms with Crippen LogP contribution in [0.4, 0.5) is 0 Å². The van der Waals surface area contributed by atoms with E-state index in [2.05, 4.69) is 11.9 Å².